The molecule has 2 rings (SSSR count). The normalized spacial score (nSPS) is 9.75. The van der Waals surface area contributed by atoms with Gasteiger partial charge >= 0.3 is 0 Å². The third-order valence-electron chi connectivity index (χ3n) is 2.36. The van der Waals surface area contributed by atoms with Crippen molar-refractivity contribution in [2.24, 2.45) is 0 Å². The van der Waals surface area contributed by atoms with E-state index >= 15 is 0 Å². The van der Waals surface area contributed by atoms with Crippen molar-refractivity contribution in [2.75, 3.05) is 0 Å². The van der Waals surface area contributed by atoms with Crippen molar-refractivity contribution in [2.45, 2.75) is 5.33 Å². The molecule has 2 nitrogen and oxygen atoms in total. The molecule has 0 unspecified atom stereocenters. The molecular weight excluding hydrogens is 264 g/mol. The molecule has 0 saturated carbocycles. The van der Waals surface area contributed by atoms with E-state index < -0.39 is 0 Å². The zero-order valence-electron chi connectivity index (χ0n) is 8.52. The van der Waals surface area contributed by atoms with Gasteiger partial charge in [-0.05, 0) is 17.2 Å². The molecule has 1 aromatic heterocycles. The first-order valence-corrected chi connectivity index (χ1v) is 5.96. The molecule has 0 fully saturated rings. The van der Waals surface area contributed by atoms with Crippen LogP contribution in [0.5, 0.6) is 0 Å². The quantitative estimate of drug-likeness (QED) is 0.785. The average molecular weight is 273 g/mol. The SMILES string of the molecule is N#Cc1ccncc1-c1ccc(CBr)cc1. The summed E-state index contributed by atoms with van der Waals surface area (Å²) in [5.41, 5.74) is 3.77. The van der Waals surface area contributed by atoms with Crippen LogP contribution in [-0.4, -0.2) is 4.98 Å². The lowest BCUT2D eigenvalue weighted by Crippen LogP contribution is -1.86. The van der Waals surface area contributed by atoms with Crippen LogP contribution < -0.4 is 0 Å². The van der Waals surface area contributed by atoms with Crippen molar-refractivity contribution in [3.63, 3.8) is 0 Å². The summed E-state index contributed by atoms with van der Waals surface area (Å²) in [7, 11) is 0. The van der Waals surface area contributed by atoms with E-state index in [1.807, 2.05) is 24.3 Å². The second kappa shape index (κ2) is 4.91. The van der Waals surface area contributed by atoms with E-state index in [1.165, 1.54) is 5.56 Å². The van der Waals surface area contributed by atoms with Gasteiger partial charge < -0.3 is 0 Å². The molecule has 0 saturated heterocycles. The molecule has 1 heterocycles. The number of pyridine rings is 1. The molecule has 3 heteroatoms. The van der Waals surface area contributed by atoms with Crippen LogP contribution in [-0.2, 0) is 5.33 Å². The Kier molecular flexibility index (Phi) is 3.33. The van der Waals surface area contributed by atoms with Crippen molar-refractivity contribution >= 4 is 15.9 Å². The van der Waals surface area contributed by atoms with Crippen LogP contribution >= 0.6 is 15.9 Å². The highest BCUT2D eigenvalue weighted by Gasteiger charge is 2.03. The fraction of sp³-hybridized carbons (Fsp3) is 0.0769. The van der Waals surface area contributed by atoms with E-state index in [1.54, 1.807) is 18.5 Å². The lowest BCUT2D eigenvalue weighted by molar-refractivity contribution is 1.31. The van der Waals surface area contributed by atoms with E-state index in [0.29, 0.717) is 5.56 Å². The lowest BCUT2D eigenvalue weighted by atomic mass is 10.0. The first-order valence-electron chi connectivity index (χ1n) is 4.84. The third-order valence-corrected chi connectivity index (χ3v) is 3.01. The van der Waals surface area contributed by atoms with Gasteiger partial charge in [0.25, 0.3) is 0 Å². The Hall–Kier alpha value is -1.66. The number of aromatic nitrogens is 1. The zero-order valence-corrected chi connectivity index (χ0v) is 10.1. The van der Waals surface area contributed by atoms with Gasteiger partial charge in [0.1, 0.15) is 0 Å². The molecule has 78 valence electrons. The van der Waals surface area contributed by atoms with Crippen LogP contribution in [0, 0.1) is 11.3 Å². The summed E-state index contributed by atoms with van der Waals surface area (Å²) in [5.74, 6) is 0. The molecular formula is C13H9BrN2. The molecule has 0 aliphatic rings. The van der Waals surface area contributed by atoms with Gasteiger partial charge in [-0.25, -0.2) is 0 Å². The first kappa shape index (κ1) is 10.8. The lowest BCUT2D eigenvalue weighted by Gasteiger charge is -2.03. The van der Waals surface area contributed by atoms with Crippen molar-refractivity contribution in [1.29, 1.82) is 5.26 Å². The van der Waals surface area contributed by atoms with E-state index in [9.17, 15) is 0 Å². The number of alkyl halides is 1. The standard InChI is InChI=1S/C13H9BrN2/c14-7-10-1-3-11(4-2-10)13-9-16-6-5-12(13)8-15/h1-6,9H,7H2. The van der Waals surface area contributed by atoms with Crippen LogP contribution in [0.25, 0.3) is 11.1 Å². The fourth-order valence-corrected chi connectivity index (χ4v) is 1.87. The van der Waals surface area contributed by atoms with Crippen molar-refractivity contribution < 1.29 is 0 Å². The number of benzene rings is 1. The van der Waals surface area contributed by atoms with Gasteiger partial charge in [0, 0.05) is 23.3 Å². The van der Waals surface area contributed by atoms with E-state index in [-0.39, 0.29) is 0 Å². The number of hydrogen-bond acceptors (Lipinski definition) is 2. The fourth-order valence-electron chi connectivity index (χ4n) is 1.50. The minimum Gasteiger partial charge on any atom is -0.264 e. The predicted octanol–water partition coefficient (Wildman–Crippen LogP) is 3.52. The highest BCUT2D eigenvalue weighted by Crippen LogP contribution is 2.22. The predicted molar refractivity (Wildman–Crippen MR) is 67.0 cm³/mol. The molecule has 0 aliphatic carbocycles. The molecule has 0 atom stereocenters. The first-order chi connectivity index (χ1) is 7.85. The van der Waals surface area contributed by atoms with Crippen molar-refractivity contribution in [3.8, 4) is 17.2 Å². The van der Waals surface area contributed by atoms with Crippen LogP contribution in [0.15, 0.2) is 42.7 Å². The molecule has 0 spiro atoms. The Labute approximate surface area is 103 Å². The summed E-state index contributed by atoms with van der Waals surface area (Å²) in [6.07, 6.45) is 3.36. The smallest absolute Gasteiger partial charge is 0.0999 e. The molecule has 0 bridgehead atoms. The van der Waals surface area contributed by atoms with Gasteiger partial charge in [-0.3, -0.25) is 4.98 Å². The van der Waals surface area contributed by atoms with Crippen LogP contribution in [0.1, 0.15) is 11.1 Å². The summed E-state index contributed by atoms with van der Waals surface area (Å²) in [4.78, 5) is 4.05. The Bertz CT molecular complexity index is 526. The van der Waals surface area contributed by atoms with E-state index in [4.69, 9.17) is 5.26 Å². The van der Waals surface area contributed by atoms with Crippen molar-refractivity contribution in [3.05, 3.63) is 53.9 Å². The minimum atomic E-state index is 0.654. The Morgan fingerprint density at radius 1 is 1.19 bits per heavy atom. The van der Waals surface area contributed by atoms with E-state index in [2.05, 4.69) is 27.0 Å². The average Bonchev–Trinajstić information content (AvgIpc) is 2.39. The zero-order chi connectivity index (χ0) is 11.4. The maximum Gasteiger partial charge on any atom is 0.0999 e. The minimum absolute atomic E-state index is 0.654. The Morgan fingerprint density at radius 2 is 1.94 bits per heavy atom. The molecule has 1 aromatic carbocycles. The topological polar surface area (TPSA) is 36.7 Å². The van der Waals surface area contributed by atoms with E-state index in [0.717, 1.165) is 16.5 Å². The third kappa shape index (κ3) is 2.12. The molecule has 0 amide bonds. The summed E-state index contributed by atoms with van der Waals surface area (Å²) in [5, 5.41) is 9.83. The van der Waals surface area contributed by atoms with Gasteiger partial charge in [-0.15, -0.1) is 0 Å². The number of nitriles is 1. The Balaban J connectivity index is 2.47. The molecule has 0 N–H and O–H groups in total. The van der Waals surface area contributed by atoms with Crippen LogP contribution in [0.4, 0.5) is 0 Å². The Morgan fingerprint density at radius 3 is 2.56 bits per heavy atom. The number of hydrogen-bond donors (Lipinski definition) is 0. The summed E-state index contributed by atoms with van der Waals surface area (Å²) >= 11 is 3.40. The second-order valence-corrected chi connectivity index (χ2v) is 3.92. The molecule has 16 heavy (non-hydrogen) atoms. The monoisotopic (exact) mass is 272 g/mol. The maximum atomic E-state index is 9.00. The summed E-state index contributed by atoms with van der Waals surface area (Å²) in [6.45, 7) is 0. The van der Waals surface area contributed by atoms with Gasteiger partial charge in [0.2, 0.25) is 0 Å². The van der Waals surface area contributed by atoms with Crippen molar-refractivity contribution in [1.82, 2.24) is 4.98 Å². The molecule has 0 radical (unpaired) electrons. The second-order valence-electron chi connectivity index (χ2n) is 3.36. The van der Waals surface area contributed by atoms with Crippen LogP contribution in [0.2, 0.25) is 0 Å². The van der Waals surface area contributed by atoms with Crippen LogP contribution in [0.3, 0.4) is 0 Å². The summed E-state index contributed by atoms with van der Waals surface area (Å²) in [6, 6.07) is 12.0. The summed E-state index contributed by atoms with van der Waals surface area (Å²) < 4.78 is 0. The number of halogens is 1. The highest BCUT2D eigenvalue weighted by atomic mass is 79.9. The maximum absolute atomic E-state index is 9.00. The number of nitrogens with zero attached hydrogens (tertiary/aromatic N) is 2. The number of rotatable bonds is 2. The largest absolute Gasteiger partial charge is 0.264 e. The van der Waals surface area contributed by atoms with Gasteiger partial charge in [0.05, 0.1) is 11.6 Å². The van der Waals surface area contributed by atoms with Gasteiger partial charge in [-0.1, -0.05) is 40.2 Å². The van der Waals surface area contributed by atoms with Gasteiger partial charge in [0.15, 0.2) is 0 Å². The molecule has 2 aromatic rings. The van der Waals surface area contributed by atoms with Gasteiger partial charge in [-0.2, -0.15) is 5.26 Å². The molecule has 0 aliphatic heterocycles. The highest BCUT2D eigenvalue weighted by molar-refractivity contribution is 9.08.